The molecule has 2 N–H and O–H groups in total. The highest BCUT2D eigenvalue weighted by molar-refractivity contribution is 8.13. The van der Waals surface area contributed by atoms with Gasteiger partial charge in [0.25, 0.3) is 0 Å². The molecule has 1 fully saturated rings. The Kier molecular flexibility index (Phi) is 12.9. The lowest BCUT2D eigenvalue weighted by Gasteiger charge is -2.26. The predicted molar refractivity (Wildman–Crippen MR) is 115 cm³/mol. The van der Waals surface area contributed by atoms with Gasteiger partial charge >= 0.3 is 0 Å². The fourth-order valence-corrected chi connectivity index (χ4v) is 3.81. The first-order chi connectivity index (χ1) is 11.8. The van der Waals surface area contributed by atoms with E-state index in [0.717, 1.165) is 23.9 Å². The van der Waals surface area contributed by atoms with Gasteiger partial charge in [-0.25, -0.2) is 0 Å². The summed E-state index contributed by atoms with van der Waals surface area (Å²) < 4.78 is 0. The number of amidine groups is 1. The lowest BCUT2D eigenvalue weighted by Crippen LogP contribution is -2.30. The number of hydrogen-bond acceptors (Lipinski definition) is 3. The second-order valence-corrected chi connectivity index (χ2v) is 7.74. The van der Waals surface area contributed by atoms with Crippen LogP contribution in [0.5, 0.6) is 0 Å². The molecular formula is C20H34ClN3S. The standard InChI is InChI=1S/C20H33N3S.ClH/c21-20(24-18-10-17-23-15-8-3-9-16-23)22-14-7-2-6-13-19-11-4-1-5-12-19;/h1,4-5,11-12H,2-3,6-10,13-18H2,(H2,21,22);1H. The third kappa shape index (κ3) is 10.8. The highest BCUT2D eigenvalue weighted by Crippen LogP contribution is 2.11. The summed E-state index contributed by atoms with van der Waals surface area (Å²) in [6.45, 7) is 4.67. The molecule has 1 heterocycles. The molecule has 25 heavy (non-hydrogen) atoms. The monoisotopic (exact) mass is 383 g/mol. The largest absolute Gasteiger partial charge is 0.379 e. The second kappa shape index (κ2) is 14.5. The number of benzene rings is 1. The van der Waals surface area contributed by atoms with Crippen molar-refractivity contribution in [3.63, 3.8) is 0 Å². The number of aryl methyl sites for hydroxylation is 1. The van der Waals surface area contributed by atoms with Gasteiger partial charge in [-0.2, -0.15) is 0 Å². The van der Waals surface area contributed by atoms with Crippen LogP contribution in [-0.4, -0.2) is 42.0 Å². The van der Waals surface area contributed by atoms with Crippen LogP contribution in [0.25, 0.3) is 0 Å². The molecule has 1 aromatic carbocycles. The number of likely N-dealkylation sites (tertiary alicyclic amines) is 1. The maximum Gasteiger partial charge on any atom is 0.153 e. The summed E-state index contributed by atoms with van der Waals surface area (Å²) in [6.07, 6.45) is 10.2. The Bertz CT molecular complexity index is 461. The van der Waals surface area contributed by atoms with Gasteiger partial charge in [0.1, 0.15) is 0 Å². The molecule has 142 valence electrons. The van der Waals surface area contributed by atoms with E-state index in [4.69, 9.17) is 5.73 Å². The third-order valence-corrected chi connectivity index (χ3v) is 5.47. The Labute approximate surface area is 164 Å². The molecule has 1 aromatic rings. The third-order valence-electron chi connectivity index (χ3n) is 4.55. The van der Waals surface area contributed by atoms with Crippen LogP contribution in [0, 0.1) is 0 Å². The SMILES string of the molecule is Cl.NC(=NCCCCCc1ccccc1)SCCCN1CCCCC1. The van der Waals surface area contributed by atoms with Crippen molar-refractivity contribution in [2.75, 3.05) is 31.9 Å². The molecule has 1 aliphatic rings. The van der Waals surface area contributed by atoms with Gasteiger partial charge in [0, 0.05) is 12.3 Å². The average molecular weight is 384 g/mol. The Balaban J connectivity index is 0.00000312. The van der Waals surface area contributed by atoms with Crippen LogP contribution in [0.1, 0.15) is 50.5 Å². The van der Waals surface area contributed by atoms with Crippen LogP contribution in [0.4, 0.5) is 0 Å². The number of rotatable bonds is 10. The molecule has 1 saturated heterocycles. The first-order valence-electron chi connectivity index (χ1n) is 9.53. The zero-order valence-corrected chi connectivity index (χ0v) is 17.0. The van der Waals surface area contributed by atoms with Crippen LogP contribution in [0.15, 0.2) is 35.3 Å². The zero-order valence-electron chi connectivity index (χ0n) is 15.4. The molecule has 0 unspecified atom stereocenters. The van der Waals surface area contributed by atoms with Crippen LogP contribution in [-0.2, 0) is 6.42 Å². The highest BCUT2D eigenvalue weighted by Gasteiger charge is 2.08. The van der Waals surface area contributed by atoms with E-state index in [9.17, 15) is 0 Å². The van der Waals surface area contributed by atoms with Crippen LogP contribution in [0.2, 0.25) is 0 Å². The molecule has 0 aromatic heterocycles. The molecule has 0 atom stereocenters. The lowest BCUT2D eigenvalue weighted by molar-refractivity contribution is 0.230. The van der Waals surface area contributed by atoms with Crippen molar-refractivity contribution >= 4 is 29.3 Å². The number of hydrogen-bond donors (Lipinski definition) is 1. The van der Waals surface area contributed by atoms with E-state index < -0.39 is 0 Å². The molecule has 1 aliphatic heterocycles. The van der Waals surface area contributed by atoms with Crippen molar-refractivity contribution in [2.24, 2.45) is 10.7 Å². The summed E-state index contributed by atoms with van der Waals surface area (Å²) in [5.74, 6) is 1.10. The summed E-state index contributed by atoms with van der Waals surface area (Å²) in [7, 11) is 0. The molecule has 0 aliphatic carbocycles. The maximum absolute atomic E-state index is 6.00. The van der Waals surface area contributed by atoms with E-state index in [-0.39, 0.29) is 12.4 Å². The number of unbranched alkanes of at least 4 members (excludes halogenated alkanes) is 2. The Hall–Kier alpha value is -0.710. The van der Waals surface area contributed by atoms with Gasteiger partial charge in [-0.05, 0) is 63.7 Å². The van der Waals surface area contributed by atoms with Crippen LogP contribution < -0.4 is 5.73 Å². The van der Waals surface area contributed by atoms with Gasteiger partial charge in [0.2, 0.25) is 0 Å². The van der Waals surface area contributed by atoms with Crippen molar-refractivity contribution < 1.29 is 0 Å². The Morgan fingerprint density at radius 2 is 1.76 bits per heavy atom. The summed E-state index contributed by atoms with van der Waals surface area (Å²) in [6, 6.07) is 10.7. The van der Waals surface area contributed by atoms with Crippen molar-refractivity contribution in [1.29, 1.82) is 0 Å². The topological polar surface area (TPSA) is 41.6 Å². The fourth-order valence-electron chi connectivity index (χ4n) is 3.15. The van der Waals surface area contributed by atoms with E-state index in [1.807, 2.05) is 0 Å². The molecule has 0 radical (unpaired) electrons. The minimum atomic E-state index is 0. The van der Waals surface area contributed by atoms with Gasteiger partial charge in [-0.1, -0.05) is 54.9 Å². The number of nitrogens with zero attached hydrogens (tertiary/aromatic N) is 2. The zero-order chi connectivity index (χ0) is 16.9. The normalized spacial score (nSPS) is 15.8. The first kappa shape index (κ1) is 22.3. The molecular weight excluding hydrogens is 350 g/mol. The minimum absolute atomic E-state index is 0. The van der Waals surface area contributed by atoms with Gasteiger partial charge in [-0.3, -0.25) is 4.99 Å². The molecule has 5 heteroatoms. The van der Waals surface area contributed by atoms with Gasteiger partial charge < -0.3 is 10.6 Å². The molecule has 0 spiro atoms. The number of piperidine rings is 1. The molecule has 3 nitrogen and oxygen atoms in total. The molecule has 0 saturated carbocycles. The summed E-state index contributed by atoms with van der Waals surface area (Å²) in [4.78, 5) is 7.08. The number of nitrogens with two attached hydrogens (primary N) is 1. The Morgan fingerprint density at radius 3 is 2.52 bits per heavy atom. The maximum atomic E-state index is 6.00. The quantitative estimate of drug-likeness (QED) is 0.360. The summed E-state index contributed by atoms with van der Waals surface area (Å²) in [5.41, 5.74) is 7.43. The van der Waals surface area contributed by atoms with Crippen molar-refractivity contribution in [3.8, 4) is 0 Å². The first-order valence-corrected chi connectivity index (χ1v) is 10.5. The van der Waals surface area contributed by atoms with Crippen molar-refractivity contribution in [1.82, 2.24) is 4.90 Å². The summed E-state index contributed by atoms with van der Waals surface area (Å²) in [5, 5.41) is 0.775. The number of halogens is 1. The smallest absolute Gasteiger partial charge is 0.153 e. The Morgan fingerprint density at radius 1 is 1.00 bits per heavy atom. The van der Waals surface area contributed by atoms with E-state index in [1.165, 1.54) is 70.1 Å². The van der Waals surface area contributed by atoms with E-state index in [2.05, 4.69) is 40.2 Å². The number of thioether (sulfide) groups is 1. The van der Waals surface area contributed by atoms with Gasteiger partial charge in [-0.15, -0.1) is 12.4 Å². The molecule has 2 rings (SSSR count). The van der Waals surface area contributed by atoms with Crippen LogP contribution >= 0.6 is 24.2 Å². The fraction of sp³-hybridized carbons (Fsp3) is 0.650. The van der Waals surface area contributed by atoms with Gasteiger partial charge in [0.15, 0.2) is 5.17 Å². The molecule has 0 amide bonds. The van der Waals surface area contributed by atoms with Crippen molar-refractivity contribution in [2.45, 2.75) is 51.4 Å². The van der Waals surface area contributed by atoms with E-state index >= 15 is 0 Å². The lowest BCUT2D eigenvalue weighted by atomic mass is 10.1. The second-order valence-electron chi connectivity index (χ2n) is 6.62. The predicted octanol–water partition coefficient (Wildman–Crippen LogP) is 4.75. The molecule has 0 bridgehead atoms. The van der Waals surface area contributed by atoms with E-state index in [0.29, 0.717) is 0 Å². The minimum Gasteiger partial charge on any atom is -0.379 e. The summed E-state index contributed by atoms with van der Waals surface area (Å²) >= 11 is 1.73. The average Bonchev–Trinajstić information content (AvgIpc) is 2.63. The van der Waals surface area contributed by atoms with Gasteiger partial charge in [0.05, 0.1) is 0 Å². The van der Waals surface area contributed by atoms with E-state index in [1.54, 1.807) is 11.8 Å². The number of aliphatic imine (C=N–C) groups is 1. The van der Waals surface area contributed by atoms with Crippen LogP contribution in [0.3, 0.4) is 0 Å². The highest BCUT2D eigenvalue weighted by atomic mass is 35.5. The van der Waals surface area contributed by atoms with Crippen molar-refractivity contribution in [3.05, 3.63) is 35.9 Å².